The molecule has 29 heteroatoms. The van der Waals surface area contributed by atoms with Crippen molar-refractivity contribution in [2.75, 3.05) is 90.4 Å². The molecule has 0 radical (unpaired) electrons. The number of carbonyl (C=O) groups excluding carboxylic acids is 3. The number of amides is 4. The van der Waals surface area contributed by atoms with E-state index in [1.807, 2.05) is 17.4 Å². The van der Waals surface area contributed by atoms with Crippen LogP contribution in [0.3, 0.4) is 0 Å². The van der Waals surface area contributed by atoms with Crippen LogP contribution in [-0.4, -0.2) is 229 Å². The van der Waals surface area contributed by atoms with Crippen LogP contribution in [0.5, 0.6) is 0 Å². The molecule has 0 spiro atoms. The topological polar surface area (TPSA) is 397 Å². The van der Waals surface area contributed by atoms with Crippen LogP contribution in [0.2, 0.25) is 0 Å². The van der Waals surface area contributed by atoms with E-state index < -0.39 is 109 Å². The molecular weight excluding hydrogens is 1220 g/mol. The second kappa shape index (κ2) is 37.5. The third kappa shape index (κ3) is 30.0. The zero-order chi connectivity index (χ0) is 57.6. The van der Waals surface area contributed by atoms with E-state index in [2.05, 4.69) is 26.6 Å². The first kappa shape index (κ1) is 68.8. The molecule has 1 fully saturated rings. The van der Waals surface area contributed by atoms with E-state index in [-0.39, 0.29) is 115 Å². The molecule has 442 valence electrons. The molecule has 1 saturated heterocycles. The number of urea groups is 1. The van der Waals surface area contributed by atoms with Crippen LogP contribution >= 0.6 is 12.2 Å². The minimum absolute atomic E-state index is 0. The predicted molar refractivity (Wildman–Crippen MR) is 284 cm³/mol. The first-order chi connectivity index (χ1) is 37.1. The number of unbranched alkanes of at least 4 members (excludes halogenated alkanes) is 3. The van der Waals surface area contributed by atoms with Crippen LogP contribution < -0.4 is 31.9 Å². The molecule has 2 aromatic carbocycles. The summed E-state index contributed by atoms with van der Waals surface area (Å²) in [4.78, 5) is 127. The van der Waals surface area contributed by atoms with Gasteiger partial charge < -0.3 is 67.6 Å². The summed E-state index contributed by atoms with van der Waals surface area (Å²) in [5.41, 5.74) is 2.21. The molecule has 1 aliphatic heterocycles. The Bertz CT molecular complexity index is 2340. The summed E-state index contributed by atoms with van der Waals surface area (Å²) in [5, 5.41) is 82.8. The monoisotopic (exact) mass is 1290 g/mol. The van der Waals surface area contributed by atoms with Gasteiger partial charge in [0.15, 0.2) is 5.11 Å². The first-order valence-corrected chi connectivity index (χ1v) is 25.7. The Morgan fingerprint density at radius 1 is 0.532 bits per heavy atom. The van der Waals surface area contributed by atoms with Crippen LogP contribution in [-0.2, 0) is 56.0 Å². The van der Waals surface area contributed by atoms with Gasteiger partial charge in [0.25, 0.3) is 0 Å². The fraction of sp³-hybridized carbons (Fsp3) is 0.540. The number of hydrogen-bond acceptors (Lipinski definition) is 15. The maximum atomic E-state index is 13.4. The molecule has 1 unspecified atom stereocenters. The average molecular weight is 1290 g/mol. The maximum absolute atomic E-state index is 13.4. The molecule has 3 rings (SSSR count). The Hall–Kier alpha value is -6.30. The van der Waals surface area contributed by atoms with Gasteiger partial charge in [-0.1, -0.05) is 55.3 Å². The van der Waals surface area contributed by atoms with E-state index in [0.29, 0.717) is 36.7 Å². The summed E-state index contributed by atoms with van der Waals surface area (Å²) in [6.45, 7) is 0.614. The quantitative estimate of drug-likeness (QED) is 0.0330. The van der Waals surface area contributed by atoms with E-state index in [4.69, 9.17) is 17.3 Å². The van der Waals surface area contributed by atoms with Crippen molar-refractivity contribution in [1.29, 1.82) is 0 Å². The summed E-state index contributed by atoms with van der Waals surface area (Å²) < 4.78 is 0. The van der Waals surface area contributed by atoms with Crippen molar-refractivity contribution in [1.82, 2.24) is 46.2 Å². The molecule has 0 aromatic heterocycles. The number of aliphatic carboxylic acids is 7. The predicted octanol–water partition coefficient (Wildman–Crippen LogP) is -0.301. The van der Waals surface area contributed by atoms with Crippen molar-refractivity contribution in [2.45, 2.75) is 88.4 Å². The second-order valence-corrected chi connectivity index (χ2v) is 19.1. The molecule has 13 N–H and O–H groups in total. The third-order valence-corrected chi connectivity index (χ3v) is 12.6. The number of carboxylic acids is 7. The van der Waals surface area contributed by atoms with Crippen LogP contribution in [0.4, 0.5) is 10.5 Å². The summed E-state index contributed by atoms with van der Waals surface area (Å²) in [6, 6.07) is 10.2. The van der Waals surface area contributed by atoms with Gasteiger partial charge in [-0.25, -0.2) is 14.4 Å². The molecule has 79 heavy (non-hydrogen) atoms. The number of benzene rings is 2. The van der Waals surface area contributed by atoms with Crippen LogP contribution in [0.15, 0.2) is 54.6 Å². The van der Waals surface area contributed by atoms with Gasteiger partial charge in [-0.15, -0.1) is 0 Å². The fourth-order valence-corrected chi connectivity index (χ4v) is 8.63. The van der Waals surface area contributed by atoms with Crippen LogP contribution in [0.1, 0.15) is 62.5 Å². The molecular formula is C50H72LuN10O17S+3. The minimum Gasteiger partial charge on any atom is -0.481 e. The zero-order valence-corrected chi connectivity index (χ0v) is 45.9. The van der Waals surface area contributed by atoms with Gasteiger partial charge in [0, 0.05) is 89.9 Å². The van der Waals surface area contributed by atoms with E-state index in [9.17, 15) is 78.6 Å². The van der Waals surface area contributed by atoms with Gasteiger partial charge in [0.2, 0.25) is 11.8 Å². The first-order valence-electron chi connectivity index (χ1n) is 25.3. The molecule has 1 aliphatic rings. The normalized spacial score (nSPS) is 15.9. The summed E-state index contributed by atoms with van der Waals surface area (Å²) in [7, 11) is 0. The standard InChI is InChI=1S/C50H72N10O17S.Lu/c61-40(16-14-37(47(73)74)55-49(77)56-38(48(75)76)15-17-41(62)63)54-39(27-33-8-4-3-5-9-33)46(72)51-18-6-1-2-7-19-52-50(78)53-35-12-10-34(11-13-35)26-36-28-59(31-44(68)69)23-22-57(29-42(64)65)20-21-58(30-43(66)67)24-25-60(36)32-45(70)71;/h3-5,8-13,36-39H,1-2,6-7,14-32H2,(H,51,72)(H,54,61)(H,62,63)(H,64,65)(H,66,67)(H,68,69)(H,70,71)(H,73,74)(H,75,76)(H2,52,53,78)(H2,55,56,77);/q;+3/t36?,37-,38-,39-;/m0./s1. The van der Waals surface area contributed by atoms with Crippen molar-refractivity contribution >= 4 is 82.6 Å². The third-order valence-electron chi connectivity index (χ3n) is 12.4. The number of thiocarbonyl (C=S) groups is 1. The Morgan fingerprint density at radius 3 is 1.54 bits per heavy atom. The Balaban J connectivity index is 0.0000213. The molecule has 0 bridgehead atoms. The number of nitrogens with zero attached hydrogens (tertiary/aromatic N) is 4. The molecule has 4 amide bonds. The van der Waals surface area contributed by atoms with Crippen molar-refractivity contribution in [3.05, 3.63) is 65.7 Å². The van der Waals surface area contributed by atoms with E-state index in [1.165, 1.54) is 0 Å². The Morgan fingerprint density at radius 2 is 1.03 bits per heavy atom. The van der Waals surface area contributed by atoms with Gasteiger partial charge in [0.1, 0.15) is 18.1 Å². The number of hydrogen-bond donors (Lipinski definition) is 13. The van der Waals surface area contributed by atoms with E-state index in [1.54, 1.807) is 62.1 Å². The van der Waals surface area contributed by atoms with E-state index in [0.717, 1.165) is 30.4 Å². The van der Waals surface area contributed by atoms with Gasteiger partial charge in [-0.05, 0) is 67.6 Å². The van der Waals surface area contributed by atoms with Crippen molar-refractivity contribution in [3.63, 3.8) is 0 Å². The largest absolute Gasteiger partial charge is 3.00 e. The Labute approximate surface area is 491 Å². The van der Waals surface area contributed by atoms with Gasteiger partial charge >= 0.3 is 84.7 Å². The average Bonchev–Trinajstić information content (AvgIpc) is 3.36. The van der Waals surface area contributed by atoms with Crippen LogP contribution in [0, 0.1) is 36.9 Å². The maximum Gasteiger partial charge on any atom is 3.00 e. The van der Waals surface area contributed by atoms with Gasteiger partial charge in [-0.3, -0.25) is 53.2 Å². The van der Waals surface area contributed by atoms with Crippen LogP contribution in [0.25, 0.3) is 0 Å². The van der Waals surface area contributed by atoms with Crippen molar-refractivity contribution in [3.8, 4) is 0 Å². The number of rotatable bonds is 32. The molecule has 1 heterocycles. The molecule has 4 atom stereocenters. The summed E-state index contributed by atoms with van der Waals surface area (Å²) in [6.07, 6.45) is 1.45. The molecule has 0 saturated carbocycles. The number of carboxylic acid groups (broad SMARTS) is 7. The smallest absolute Gasteiger partial charge is 0.481 e. The molecule has 0 aliphatic carbocycles. The SMILES string of the molecule is O=C(O)CC[C@H](NC(=O)N[C@@H](CCC(=O)N[C@@H](Cc1ccccc1)C(=O)NCCCCCCNC(=S)Nc1ccc(CC2CN(CC(=O)O)CCN(CC(=O)O)CCN(CC(=O)O)CCN2CC(=O)O)cc1)C(=O)O)C(=O)O.[Lu+3]. The summed E-state index contributed by atoms with van der Waals surface area (Å²) in [5.74, 6) is -9.87. The second-order valence-electron chi connectivity index (χ2n) is 18.7. The minimum atomic E-state index is -1.62. The fourth-order valence-electron chi connectivity index (χ4n) is 8.41. The number of anilines is 1. The molecule has 27 nitrogen and oxygen atoms in total. The number of carbonyl (C=O) groups is 10. The number of nitrogens with one attached hydrogen (secondary N) is 6. The van der Waals surface area contributed by atoms with Crippen molar-refractivity contribution in [2.24, 2.45) is 0 Å². The molecule has 2 aromatic rings. The summed E-state index contributed by atoms with van der Waals surface area (Å²) >= 11 is 5.51. The van der Waals surface area contributed by atoms with Gasteiger partial charge in [0.05, 0.1) is 26.2 Å². The Kier molecular flexibility index (Phi) is 32.7. The van der Waals surface area contributed by atoms with E-state index >= 15 is 0 Å². The zero-order valence-electron chi connectivity index (χ0n) is 43.4. The van der Waals surface area contributed by atoms with Gasteiger partial charge in [-0.2, -0.15) is 0 Å². The van der Waals surface area contributed by atoms with Crippen molar-refractivity contribution < 1.29 is 121 Å².